The average Bonchev–Trinajstić information content (AvgIpc) is 3.37. The lowest BCUT2D eigenvalue weighted by molar-refractivity contribution is -0.136. The van der Waals surface area contributed by atoms with Gasteiger partial charge >= 0.3 is 0 Å². The van der Waals surface area contributed by atoms with E-state index in [1.165, 1.54) is 4.31 Å². The van der Waals surface area contributed by atoms with Gasteiger partial charge in [-0.25, -0.2) is 4.72 Å². The van der Waals surface area contributed by atoms with Crippen molar-refractivity contribution in [2.45, 2.75) is 44.8 Å². The van der Waals surface area contributed by atoms with Crippen LogP contribution < -0.4 is 10.0 Å². The second-order valence-electron chi connectivity index (χ2n) is 8.87. The highest BCUT2D eigenvalue weighted by Gasteiger charge is 2.44. The minimum absolute atomic E-state index is 0.0640. The Labute approximate surface area is 202 Å². The largest absolute Gasteiger partial charge is 0.295 e. The molecule has 0 radical (unpaired) electrons. The van der Waals surface area contributed by atoms with Crippen LogP contribution >= 0.6 is 0 Å². The van der Waals surface area contributed by atoms with E-state index < -0.39 is 39.9 Å². The fraction of sp³-hybridized carbons (Fsp3) is 0.333. The molecular formula is C24H24N4O6S. The smallest absolute Gasteiger partial charge is 0.280 e. The molecule has 0 aliphatic carbocycles. The number of hydrogen-bond acceptors (Lipinski definition) is 6. The maximum Gasteiger partial charge on any atom is 0.280 e. The summed E-state index contributed by atoms with van der Waals surface area (Å²) < 4.78 is 29.3. The Bertz CT molecular complexity index is 1330. The first-order chi connectivity index (χ1) is 16.7. The molecule has 1 saturated heterocycles. The third-order valence-electron chi connectivity index (χ3n) is 6.58. The standard InChI is InChI=1S/C24H24N4O6S/c29-21-10-9-20(22(30)26-21)28-23(31)18-8-7-15(12-19(18)24(28)32)4-3-11-25-35(33,34)27-13-16-5-1-2-6-17(16)14-27/h1-2,5-8,12,20,25H,3-4,9-11,13-14H2,(H,26,29,30). The Hall–Kier alpha value is -3.41. The highest BCUT2D eigenvalue weighted by atomic mass is 32.2. The van der Waals surface area contributed by atoms with Crippen molar-refractivity contribution in [1.29, 1.82) is 0 Å². The highest BCUT2D eigenvalue weighted by molar-refractivity contribution is 7.87. The normalized spacial score (nSPS) is 20.2. The van der Waals surface area contributed by atoms with Crippen LogP contribution in [0.3, 0.4) is 0 Å². The molecule has 11 heteroatoms. The first-order valence-corrected chi connectivity index (χ1v) is 12.8. The Balaban J connectivity index is 1.18. The van der Waals surface area contributed by atoms with E-state index in [2.05, 4.69) is 10.0 Å². The topological polar surface area (TPSA) is 133 Å². The van der Waals surface area contributed by atoms with Crippen molar-refractivity contribution < 1.29 is 27.6 Å². The molecule has 3 heterocycles. The van der Waals surface area contributed by atoms with Crippen molar-refractivity contribution >= 4 is 33.8 Å². The van der Waals surface area contributed by atoms with Crippen molar-refractivity contribution in [1.82, 2.24) is 19.2 Å². The fourth-order valence-electron chi connectivity index (χ4n) is 4.73. The summed E-state index contributed by atoms with van der Waals surface area (Å²) >= 11 is 0. The molecule has 10 nitrogen and oxygen atoms in total. The zero-order valence-corrected chi connectivity index (χ0v) is 19.6. The summed E-state index contributed by atoms with van der Waals surface area (Å²) in [7, 11) is -3.62. The van der Waals surface area contributed by atoms with Crippen LogP contribution in [0.25, 0.3) is 0 Å². The molecule has 1 fully saturated rings. The summed E-state index contributed by atoms with van der Waals surface area (Å²) in [5, 5.41) is 2.17. The Morgan fingerprint density at radius 2 is 1.63 bits per heavy atom. The van der Waals surface area contributed by atoms with Gasteiger partial charge in [0.25, 0.3) is 22.0 Å². The number of aryl methyl sites for hydroxylation is 1. The van der Waals surface area contributed by atoms with Crippen molar-refractivity contribution in [3.05, 3.63) is 70.3 Å². The van der Waals surface area contributed by atoms with Gasteiger partial charge in [-0.3, -0.25) is 29.4 Å². The quantitative estimate of drug-likeness (QED) is 0.432. The van der Waals surface area contributed by atoms with Crippen LogP contribution in [0.5, 0.6) is 0 Å². The fourth-order valence-corrected chi connectivity index (χ4v) is 5.93. The van der Waals surface area contributed by atoms with Gasteiger partial charge in [0.1, 0.15) is 6.04 Å². The number of piperidine rings is 1. The van der Waals surface area contributed by atoms with E-state index in [0.29, 0.717) is 25.9 Å². The van der Waals surface area contributed by atoms with Crippen LogP contribution in [0.2, 0.25) is 0 Å². The molecule has 3 aliphatic heterocycles. The van der Waals surface area contributed by atoms with Crippen LogP contribution in [0.1, 0.15) is 56.7 Å². The van der Waals surface area contributed by atoms with E-state index in [-0.39, 0.29) is 30.5 Å². The second-order valence-corrected chi connectivity index (χ2v) is 10.6. The Kier molecular flexibility index (Phi) is 5.99. The molecule has 0 aromatic heterocycles. The first kappa shape index (κ1) is 23.3. The van der Waals surface area contributed by atoms with E-state index in [4.69, 9.17) is 0 Å². The van der Waals surface area contributed by atoms with E-state index in [0.717, 1.165) is 21.6 Å². The van der Waals surface area contributed by atoms with Gasteiger partial charge in [0.2, 0.25) is 11.8 Å². The number of rotatable bonds is 7. The van der Waals surface area contributed by atoms with Gasteiger partial charge < -0.3 is 0 Å². The van der Waals surface area contributed by atoms with Gasteiger partial charge in [0, 0.05) is 26.1 Å². The number of hydrogen-bond donors (Lipinski definition) is 2. The van der Waals surface area contributed by atoms with E-state index in [1.807, 2.05) is 24.3 Å². The van der Waals surface area contributed by atoms with Gasteiger partial charge in [-0.2, -0.15) is 12.7 Å². The average molecular weight is 497 g/mol. The number of carbonyl (C=O) groups is 4. The monoisotopic (exact) mass is 496 g/mol. The van der Waals surface area contributed by atoms with Crippen LogP contribution in [0.4, 0.5) is 0 Å². The minimum atomic E-state index is -3.62. The van der Waals surface area contributed by atoms with Crippen LogP contribution in [0.15, 0.2) is 42.5 Å². The van der Waals surface area contributed by atoms with Gasteiger partial charge in [-0.15, -0.1) is 0 Å². The number of carbonyl (C=O) groups excluding carboxylic acids is 4. The molecule has 4 amide bonds. The lowest BCUT2D eigenvalue weighted by Crippen LogP contribution is -2.54. The molecule has 35 heavy (non-hydrogen) atoms. The molecule has 0 bridgehead atoms. The summed E-state index contributed by atoms with van der Waals surface area (Å²) in [6, 6.07) is 11.5. The van der Waals surface area contributed by atoms with E-state index >= 15 is 0 Å². The lowest BCUT2D eigenvalue weighted by atomic mass is 10.0. The predicted molar refractivity (Wildman–Crippen MR) is 124 cm³/mol. The highest BCUT2D eigenvalue weighted by Crippen LogP contribution is 2.29. The van der Waals surface area contributed by atoms with E-state index in [9.17, 15) is 27.6 Å². The number of nitrogens with one attached hydrogen (secondary N) is 2. The Morgan fingerprint density at radius 1 is 0.943 bits per heavy atom. The summed E-state index contributed by atoms with van der Waals surface area (Å²) in [5.74, 6) is -2.18. The van der Waals surface area contributed by atoms with Crippen molar-refractivity contribution in [3.63, 3.8) is 0 Å². The third kappa shape index (κ3) is 4.38. The third-order valence-corrected chi connectivity index (χ3v) is 8.09. The molecule has 2 aromatic carbocycles. The molecule has 5 rings (SSSR count). The maximum absolute atomic E-state index is 12.9. The summed E-state index contributed by atoms with van der Waals surface area (Å²) in [6.45, 7) is 0.911. The molecule has 182 valence electrons. The second kappa shape index (κ2) is 8.99. The molecule has 3 aliphatic rings. The number of fused-ring (bicyclic) bond motifs is 2. The number of nitrogens with zero attached hydrogens (tertiary/aromatic N) is 2. The van der Waals surface area contributed by atoms with Crippen LogP contribution in [-0.2, 0) is 39.3 Å². The number of benzene rings is 2. The van der Waals surface area contributed by atoms with Crippen LogP contribution in [-0.4, -0.2) is 53.8 Å². The summed E-state index contributed by atoms with van der Waals surface area (Å²) in [6.07, 6.45) is 1.16. The molecule has 1 atom stereocenters. The first-order valence-electron chi connectivity index (χ1n) is 11.4. The maximum atomic E-state index is 12.9. The summed E-state index contributed by atoms with van der Waals surface area (Å²) in [5.41, 5.74) is 3.22. The van der Waals surface area contributed by atoms with Gasteiger partial charge in [0.15, 0.2) is 0 Å². The lowest BCUT2D eigenvalue weighted by Gasteiger charge is -2.27. The molecule has 0 spiro atoms. The summed E-state index contributed by atoms with van der Waals surface area (Å²) in [4.78, 5) is 50.2. The Morgan fingerprint density at radius 3 is 2.31 bits per heavy atom. The molecule has 2 N–H and O–H groups in total. The van der Waals surface area contributed by atoms with Crippen LogP contribution in [0, 0.1) is 0 Å². The zero-order chi connectivity index (χ0) is 24.7. The number of imide groups is 2. The molecular weight excluding hydrogens is 472 g/mol. The van der Waals surface area contributed by atoms with Crippen molar-refractivity contribution in [2.75, 3.05) is 6.54 Å². The SMILES string of the molecule is O=C1CCC(N2C(=O)c3ccc(CCCNS(=O)(=O)N4Cc5ccccc5C4)cc3C2=O)C(=O)N1. The van der Waals surface area contributed by atoms with Gasteiger partial charge in [0.05, 0.1) is 11.1 Å². The van der Waals surface area contributed by atoms with E-state index in [1.54, 1.807) is 18.2 Å². The zero-order valence-electron chi connectivity index (χ0n) is 18.8. The molecule has 1 unspecified atom stereocenters. The van der Waals surface area contributed by atoms with Crippen molar-refractivity contribution in [2.24, 2.45) is 0 Å². The minimum Gasteiger partial charge on any atom is -0.295 e. The predicted octanol–water partition coefficient (Wildman–Crippen LogP) is 0.871. The molecule has 2 aromatic rings. The number of amides is 4. The van der Waals surface area contributed by atoms with Gasteiger partial charge in [-0.1, -0.05) is 30.3 Å². The molecule has 0 saturated carbocycles. The van der Waals surface area contributed by atoms with Gasteiger partial charge in [-0.05, 0) is 48.1 Å². The van der Waals surface area contributed by atoms with Crippen molar-refractivity contribution in [3.8, 4) is 0 Å².